The second-order valence-electron chi connectivity index (χ2n) is 8.13. The number of nitrogens with one attached hydrogen (secondary N) is 1. The average Bonchev–Trinajstić information content (AvgIpc) is 2.65. The van der Waals surface area contributed by atoms with Gasteiger partial charge in [-0.15, -0.1) is 0 Å². The van der Waals surface area contributed by atoms with E-state index < -0.39 is 6.04 Å². The molecule has 0 aliphatic heterocycles. The molecule has 2 aromatic rings. The van der Waals surface area contributed by atoms with Gasteiger partial charge in [-0.05, 0) is 68.9 Å². The molecular formula is C25H34N2O2. The molecule has 156 valence electrons. The van der Waals surface area contributed by atoms with Crippen LogP contribution in [0.2, 0.25) is 0 Å². The lowest BCUT2D eigenvalue weighted by Crippen LogP contribution is -2.50. The molecule has 0 fully saturated rings. The van der Waals surface area contributed by atoms with Crippen LogP contribution in [-0.2, 0) is 22.6 Å². The van der Waals surface area contributed by atoms with E-state index >= 15 is 0 Å². The number of benzene rings is 2. The number of amides is 2. The molecule has 0 radical (unpaired) electrons. The van der Waals surface area contributed by atoms with Gasteiger partial charge >= 0.3 is 0 Å². The third-order valence-corrected chi connectivity index (χ3v) is 5.35. The van der Waals surface area contributed by atoms with Crippen LogP contribution in [0.3, 0.4) is 0 Å². The first-order valence-corrected chi connectivity index (χ1v) is 10.4. The summed E-state index contributed by atoms with van der Waals surface area (Å²) >= 11 is 0. The lowest BCUT2D eigenvalue weighted by atomic mass is 10.0. The maximum absolute atomic E-state index is 13.4. The van der Waals surface area contributed by atoms with Gasteiger partial charge in [-0.2, -0.15) is 0 Å². The molecule has 1 atom stereocenters. The number of carbonyl (C=O) groups is 2. The number of nitrogens with zero attached hydrogens (tertiary/aromatic N) is 1. The molecule has 4 nitrogen and oxygen atoms in total. The van der Waals surface area contributed by atoms with Crippen molar-refractivity contribution in [1.82, 2.24) is 10.2 Å². The van der Waals surface area contributed by atoms with Gasteiger partial charge in [-0.3, -0.25) is 9.59 Å². The lowest BCUT2D eigenvalue weighted by molar-refractivity contribution is -0.141. The smallest absolute Gasteiger partial charge is 0.243 e. The van der Waals surface area contributed by atoms with Crippen LogP contribution in [-0.4, -0.2) is 28.8 Å². The molecule has 0 aliphatic rings. The molecule has 0 unspecified atom stereocenters. The van der Waals surface area contributed by atoms with E-state index in [0.717, 1.165) is 16.7 Å². The maximum atomic E-state index is 13.4. The van der Waals surface area contributed by atoms with Crippen LogP contribution >= 0.6 is 0 Å². The van der Waals surface area contributed by atoms with Crippen molar-refractivity contribution in [1.29, 1.82) is 0 Å². The van der Waals surface area contributed by atoms with Crippen LogP contribution in [0.1, 0.15) is 55.0 Å². The summed E-state index contributed by atoms with van der Waals surface area (Å²) in [6.45, 7) is 12.4. The van der Waals surface area contributed by atoms with Crippen LogP contribution in [0.4, 0.5) is 0 Å². The zero-order valence-corrected chi connectivity index (χ0v) is 18.6. The van der Waals surface area contributed by atoms with E-state index in [9.17, 15) is 9.59 Å². The topological polar surface area (TPSA) is 49.4 Å². The van der Waals surface area contributed by atoms with Gasteiger partial charge < -0.3 is 10.2 Å². The van der Waals surface area contributed by atoms with Crippen molar-refractivity contribution < 1.29 is 9.59 Å². The van der Waals surface area contributed by atoms with Gasteiger partial charge in [0.15, 0.2) is 0 Å². The number of aryl methyl sites for hydroxylation is 3. The van der Waals surface area contributed by atoms with Crippen LogP contribution in [0.15, 0.2) is 42.5 Å². The average molecular weight is 395 g/mol. The van der Waals surface area contributed by atoms with Crippen LogP contribution < -0.4 is 5.32 Å². The standard InChI is InChI=1S/C25H34N2O2/c1-7-23(25(29)26-17(2)3)27(16-22-11-9-8-10-19(22)5)24(28)15-21-13-12-18(4)20(6)14-21/h8-14,17,23H,7,15-16H2,1-6H3,(H,26,29)/t23-/m0/s1. The van der Waals surface area contributed by atoms with Crippen molar-refractivity contribution in [3.05, 3.63) is 70.3 Å². The van der Waals surface area contributed by atoms with Gasteiger partial charge in [-0.25, -0.2) is 0 Å². The molecule has 29 heavy (non-hydrogen) atoms. The minimum atomic E-state index is -0.490. The molecule has 0 spiro atoms. The molecule has 0 saturated carbocycles. The molecule has 0 heterocycles. The van der Waals surface area contributed by atoms with Crippen molar-refractivity contribution in [2.24, 2.45) is 0 Å². The minimum absolute atomic E-state index is 0.0257. The lowest BCUT2D eigenvalue weighted by Gasteiger charge is -2.31. The first-order valence-electron chi connectivity index (χ1n) is 10.4. The van der Waals surface area contributed by atoms with Gasteiger partial charge in [0.1, 0.15) is 6.04 Å². The third kappa shape index (κ3) is 6.18. The predicted octanol–water partition coefficient (Wildman–Crippen LogP) is 4.49. The summed E-state index contributed by atoms with van der Waals surface area (Å²) < 4.78 is 0. The molecule has 1 N–H and O–H groups in total. The Bertz CT molecular complexity index is 858. The summed E-state index contributed by atoms with van der Waals surface area (Å²) in [7, 11) is 0. The van der Waals surface area contributed by atoms with Gasteiger partial charge in [0.05, 0.1) is 6.42 Å². The number of rotatable bonds is 8. The first kappa shape index (κ1) is 22.7. The largest absolute Gasteiger partial charge is 0.352 e. The summed E-state index contributed by atoms with van der Waals surface area (Å²) in [5.41, 5.74) is 5.55. The van der Waals surface area contributed by atoms with Crippen LogP contribution in [0, 0.1) is 20.8 Å². The Labute approximate surface area is 175 Å². The Morgan fingerprint density at radius 2 is 1.66 bits per heavy atom. The Balaban J connectivity index is 2.33. The molecule has 2 rings (SSSR count). The summed E-state index contributed by atoms with van der Waals surface area (Å²) in [5, 5.41) is 2.98. The molecule has 0 saturated heterocycles. The highest BCUT2D eigenvalue weighted by molar-refractivity contribution is 5.88. The highest BCUT2D eigenvalue weighted by atomic mass is 16.2. The second kappa shape index (κ2) is 10.2. The fraction of sp³-hybridized carbons (Fsp3) is 0.440. The summed E-state index contributed by atoms with van der Waals surface area (Å²) in [5.74, 6) is -0.119. The van der Waals surface area contributed by atoms with Crippen molar-refractivity contribution in [3.8, 4) is 0 Å². The van der Waals surface area contributed by atoms with Crippen LogP contribution in [0.25, 0.3) is 0 Å². The SMILES string of the molecule is CC[C@@H](C(=O)NC(C)C)N(Cc1ccccc1C)C(=O)Cc1ccc(C)c(C)c1. The summed E-state index contributed by atoms with van der Waals surface area (Å²) in [6.07, 6.45) is 0.863. The van der Waals surface area contributed by atoms with Gasteiger partial charge in [-0.1, -0.05) is 49.4 Å². The normalized spacial score (nSPS) is 12.0. The fourth-order valence-electron chi connectivity index (χ4n) is 3.46. The van der Waals surface area contributed by atoms with Crippen molar-refractivity contribution in [2.75, 3.05) is 0 Å². The molecule has 2 aromatic carbocycles. The van der Waals surface area contributed by atoms with E-state index in [4.69, 9.17) is 0 Å². The van der Waals surface area contributed by atoms with E-state index in [1.165, 1.54) is 11.1 Å². The molecular weight excluding hydrogens is 360 g/mol. The van der Waals surface area contributed by atoms with Crippen molar-refractivity contribution >= 4 is 11.8 Å². The van der Waals surface area contributed by atoms with E-state index in [0.29, 0.717) is 19.4 Å². The second-order valence-corrected chi connectivity index (χ2v) is 8.13. The highest BCUT2D eigenvalue weighted by Gasteiger charge is 2.29. The Morgan fingerprint density at radius 1 is 0.966 bits per heavy atom. The van der Waals surface area contributed by atoms with E-state index in [1.54, 1.807) is 4.90 Å². The van der Waals surface area contributed by atoms with E-state index in [1.807, 2.05) is 64.1 Å². The van der Waals surface area contributed by atoms with Gasteiger partial charge in [0.2, 0.25) is 11.8 Å². The predicted molar refractivity (Wildman–Crippen MR) is 119 cm³/mol. The van der Waals surface area contributed by atoms with Crippen LogP contribution in [0.5, 0.6) is 0 Å². The molecule has 4 heteroatoms. The molecule has 2 amide bonds. The maximum Gasteiger partial charge on any atom is 0.243 e. The zero-order chi connectivity index (χ0) is 21.6. The van der Waals surface area contributed by atoms with Gasteiger partial charge in [0.25, 0.3) is 0 Å². The zero-order valence-electron chi connectivity index (χ0n) is 18.6. The Morgan fingerprint density at radius 3 is 2.24 bits per heavy atom. The number of carbonyl (C=O) groups excluding carboxylic acids is 2. The summed E-state index contributed by atoms with van der Waals surface area (Å²) in [4.78, 5) is 28.0. The fourth-order valence-corrected chi connectivity index (χ4v) is 3.46. The quantitative estimate of drug-likeness (QED) is 0.717. The monoisotopic (exact) mass is 394 g/mol. The molecule has 0 bridgehead atoms. The molecule has 0 aliphatic carbocycles. The Kier molecular flexibility index (Phi) is 8.00. The molecule has 0 aromatic heterocycles. The minimum Gasteiger partial charge on any atom is -0.352 e. The van der Waals surface area contributed by atoms with E-state index in [2.05, 4.69) is 25.2 Å². The van der Waals surface area contributed by atoms with Gasteiger partial charge in [0, 0.05) is 12.6 Å². The third-order valence-electron chi connectivity index (χ3n) is 5.35. The van der Waals surface area contributed by atoms with E-state index in [-0.39, 0.29) is 17.9 Å². The highest BCUT2D eigenvalue weighted by Crippen LogP contribution is 2.18. The first-order chi connectivity index (χ1) is 13.7. The van der Waals surface area contributed by atoms with Crippen molar-refractivity contribution in [2.45, 2.75) is 73.0 Å². The number of hydrogen-bond acceptors (Lipinski definition) is 2. The summed E-state index contributed by atoms with van der Waals surface area (Å²) in [6, 6.07) is 13.7. The van der Waals surface area contributed by atoms with Crippen molar-refractivity contribution in [3.63, 3.8) is 0 Å². The Hall–Kier alpha value is -2.62. The number of hydrogen-bond donors (Lipinski definition) is 1.